The first-order valence-electron chi connectivity index (χ1n) is 8.33. The van der Waals surface area contributed by atoms with Gasteiger partial charge in [0.15, 0.2) is 0 Å². The van der Waals surface area contributed by atoms with Gasteiger partial charge in [0.2, 0.25) is 11.8 Å². The van der Waals surface area contributed by atoms with Crippen LogP contribution in [0.2, 0.25) is 0 Å². The second-order valence-corrected chi connectivity index (χ2v) is 7.79. The largest absolute Gasteiger partial charge is 0.334 e. The van der Waals surface area contributed by atoms with E-state index in [2.05, 4.69) is 13.2 Å². The molecular weight excluding hydrogens is 288 g/mol. The highest BCUT2D eigenvalue weighted by Crippen LogP contribution is 2.17. The first-order chi connectivity index (χ1) is 10.4. The van der Waals surface area contributed by atoms with Crippen molar-refractivity contribution in [3.63, 3.8) is 0 Å². The Labute approximate surface area is 142 Å². The molecule has 0 aliphatic carbocycles. The Hall–Kier alpha value is -1.58. The van der Waals surface area contributed by atoms with Gasteiger partial charge in [-0.3, -0.25) is 9.59 Å². The average molecular weight is 322 g/mol. The summed E-state index contributed by atoms with van der Waals surface area (Å²) in [7, 11) is 0. The maximum absolute atomic E-state index is 11.9. The summed E-state index contributed by atoms with van der Waals surface area (Å²) in [4.78, 5) is 27.6. The third kappa shape index (κ3) is 7.49. The fraction of sp³-hybridized carbons (Fsp3) is 0.684. The van der Waals surface area contributed by atoms with Crippen LogP contribution in [0.3, 0.4) is 0 Å². The first-order valence-corrected chi connectivity index (χ1v) is 8.33. The minimum atomic E-state index is -0.207. The molecule has 0 spiro atoms. The topological polar surface area (TPSA) is 40.6 Å². The van der Waals surface area contributed by atoms with Gasteiger partial charge in [-0.25, -0.2) is 0 Å². The molecule has 23 heavy (non-hydrogen) atoms. The lowest BCUT2D eigenvalue weighted by molar-refractivity contribution is -0.131. The normalized spacial score (nSPS) is 11.7. The molecule has 2 amide bonds. The lowest BCUT2D eigenvalue weighted by Gasteiger charge is -2.36. The lowest BCUT2D eigenvalue weighted by atomic mass is 10.0. The molecule has 0 aliphatic rings. The number of hydrogen-bond acceptors (Lipinski definition) is 2. The number of nitrogens with zero attached hydrogens (tertiary/aromatic N) is 2. The van der Waals surface area contributed by atoms with Crippen LogP contribution in [0.15, 0.2) is 25.3 Å². The summed E-state index contributed by atoms with van der Waals surface area (Å²) in [6, 6.07) is 0. The van der Waals surface area contributed by atoms with Gasteiger partial charge in [-0.05, 0) is 73.0 Å². The zero-order valence-electron chi connectivity index (χ0n) is 15.8. The molecule has 0 heterocycles. The van der Waals surface area contributed by atoms with Crippen LogP contribution in [0, 0.1) is 0 Å². The third-order valence-corrected chi connectivity index (χ3v) is 3.76. The molecule has 0 N–H and O–H groups in total. The molecule has 0 atom stereocenters. The number of carbonyl (C=O) groups is 2. The summed E-state index contributed by atoms with van der Waals surface area (Å²) in [6.45, 7) is 20.7. The van der Waals surface area contributed by atoms with E-state index in [0.29, 0.717) is 13.1 Å². The molecule has 0 saturated carbocycles. The molecule has 4 heteroatoms. The zero-order chi connectivity index (χ0) is 18.3. The standard InChI is InChI=1S/C19H34N2O2/c1-9-16(22)20(18(3,4)5)14-12-11-13-15-21(17(23)10-2)19(6,7)8/h9-10H,1-2,11-15H2,3-8H3. The van der Waals surface area contributed by atoms with Crippen LogP contribution in [0.1, 0.15) is 60.8 Å². The van der Waals surface area contributed by atoms with Gasteiger partial charge in [0.05, 0.1) is 0 Å². The van der Waals surface area contributed by atoms with Crippen LogP contribution in [0.25, 0.3) is 0 Å². The van der Waals surface area contributed by atoms with Gasteiger partial charge in [0, 0.05) is 24.2 Å². The summed E-state index contributed by atoms with van der Waals surface area (Å²) >= 11 is 0. The van der Waals surface area contributed by atoms with Crippen molar-refractivity contribution in [3.05, 3.63) is 25.3 Å². The molecule has 0 aromatic heterocycles. The highest BCUT2D eigenvalue weighted by molar-refractivity contribution is 5.88. The van der Waals surface area contributed by atoms with Crippen molar-refractivity contribution in [1.29, 1.82) is 0 Å². The Bertz CT molecular complexity index is 388. The van der Waals surface area contributed by atoms with E-state index in [1.807, 2.05) is 51.3 Å². The summed E-state index contributed by atoms with van der Waals surface area (Å²) in [5.41, 5.74) is -0.414. The van der Waals surface area contributed by atoms with E-state index in [9.17, 15) is 9.59 Å². The Morgan fingerprint density at radius 3 is 1.26 bits per heavy atom. The lowest BCUT2D eigenvalue weighted by Crippen LogP contribution is -2.46. The van der Waals surface area contributed by atoms with Gasteiger partial charge in [-0.1, -0.05) is 13.2 Å². The van der Waals surface area contributed by atoms with Crippen molar-refractivity contribution in [2.75, 3.05) is 13.1 Å². The first kappa shape index (κ1) is 21.4. The Morgan fingerprint density at radius 2 is 1.04 bits per heavy atom. The van der Waals surface area contributed by atoms with E-state index in [1.54, 1.807) is 0 Å². The second-order valence-electron chi connectivity index (χ2n) is 7.79. The van der Waals surface area contributed by atoms with Gasteiger partial charge < -0.3 is 9.80 Å². The number of amides is 2. The van der Waals surface area contributed by atoms with Crippen molar-refractivity contribution >= 4 is 11.8 Å². The van der Waals surface area contributed by atoms with Gasteiger partial charge in [-0.15, -0.1) is 0 Å². The van der Waals surface area contributed by atoms with E-state index in [4.69, 9.17) is 0 Å². The molecule has 4 nitrogen and oxygen atoms in total. The van der Waals surface area contributed by atoms with Crippen LogP contribution >= 0.6 is 0 Å². The van der Waals surface area contributed by atoms with Crippen molar-refractivity contribution in [3.8, 4) is 0 Å². The Balaban J connectivity index is 4.44. The SMILES string of the molecule is C=CC(=O)N(CCCCCN(C(=O)C=C)C(C)(C)C)C(C)(C)C. The molecule has 0 bridgehead atoms. The fourth-order valence-corrected chi connectivity index (χ4v) is 2.49. The number of hydrogen-bond donors (Lipinski definition) is 0. The van der Waals surface area contributed by atoms with E-state index in [1.165, 1.54) is 12.2 Å². The van der Waals surface area contributed by atoms with E-state index in [-0.39, 0.29) is 22.9 Å². The molecular formula is C19H34N2O2. The predicted molar refractivity (Wildman–Crippen MR) is 97.2 cm³/mol. The smallest absolute Gasteiger partial charge is 0.246 e. The van der Waals surface area contributed by atoms with Gasteiger partial charge in [0.1, 0.15) is 0 Å². The molecule has 0 aliphatic heterocycles. The molecule has 0 saturated heterocycles. The summed E-state index contributed by atoms with van der Waals surface area (Å²) < 4.78 is 0. The quantitative estimate of drug-likeness (QED) is 0.504. The van der Waals surface area contributed by atoms with E-state index in [0.717, 1.165) is 19.3 Å². The van der Waals surface area contributed by atoms with Crippen molar-refractivity contribution in [1.82, 2.24) is 9.80 Å². The summed E-state index contributed by atoms with van der Waals surface area (Å²) in [6.07, 6.45) is 5.53. The van der Waals surface area contributed by atoms with Crippen LogP contribution in [0.4, 0.5) is 0 Å². The monoisotopic (exact) mass is 322 g/mol. The maximum Gasteiger partial charge on any atom is 0.246 e. The summed E-state index contributed by atoms with van der Waals surface area (Å²) in [5.74, 6) is -0.0636. The van der Waals surface area contributed by atoms with Crippen molar-refractivity contribution < 1.29 is 9.59 Å². The van der Waals surface area contributed by atoms with Gasteiger partial charge >= 0.3 is 0 Å². The van der Waals surface area contributed by atoms with Crippen molar-refractivity contribution in [2.45, 2.75) is 71.9 Å². The van der Waals surface area contributed by atoms with Gasteiger partial charge in [-0.2, -0.15) is 0 Å². The minimum Gasteiger partial charge on any atom is -0.334 e. The van der Waals surface area contributed by atoms with Crippen LogP contribution in [-0.2, 0) is 9.59 Å². The van der Waals surface area contributed by atoms with E-state index < -0.39 is 0 Å². The third-order valence-electron chi connectivity index (χ3n) is 3.76. The highest BCUT2D eigenvalue weighted by Gasteiger charge is 2.25. The minimum absolute atomic E-state index is 0.0318. The molecule has 0 radical (unpaired) electrons. The number of carbonyl (C=O) groups excluding carboxylic acids is 2. The average Bonchev–Trinajstić information content (AvgIpc) is 2.42. The van der Waals surface area contributed by atoms with Crippen LogP contribution in [0.5, 0.6) is 0 Å². The van der Waals surface area contributed by atoms with Crippen LogP contribution < -0.4 is 0 Å². The van der Waals surface area contributed by atoms with E-state index >= 15 is 0 Å². The second kappa shape index (κ2) is 8.90. The Kier molecular flexibility index (Phi) is 8.29. The van der Waals surface area contributed by atoms with Crippen LogP contribution in [-0.4, -0.2) is 45.8 Å². The number of rotatable bonds is 8. The molecule has 0 rings (SSSR count). The highest BCUT2D eigenvalue weighted by atomic mass is 16.2. The maximum atomic E-state index is 11.9. The van der Waals surface area contributed by atoms with Gasteiger partial charge in [0.25, 0.3) is 0 Å². The predicted octanol–water partition coefficient (Wildman–Crippen LogP) is 3.78. The number of unbranched alkanes of at least 4 members (excludes halogenated alkanes) is 2. The Morgan fingerprint density at radius 1 is 0.739 bits per heavy atom. The molecule has 0 unspecified atom stereocenters. The zero-order valence-corrected chi connectivity index (χ0v) is 15.8. The summed E-state index contributed by atoms with van der Waals surface area (Å²) in [5, 5.41) is 0. The molecule has 0 aromatic carbocycles. The molecule has 0 fully saturated rings. The molecule has 0 aromatic rings. The fourth-order valence-electron chi connectivity index (χ4n) is 2.49. The van der Waals surface area contributed by atoms with Crippen molar-refractivity contribution in [2.24, 2.45) is 0 Å². The molecule has 132 valence electrons.